The molecule has 96 valence electrons. The lowest BCUT2D eigenvalue weighted by atomic mass is 9.85. The van der Waals surface area contributed by atoms with Gasteiger partial charge in [-0.15, -0.1) is 0 Å². The fraction of sp³-hybridized carbons (Fsp3) is 0.375. The Morgan fingerprint density at radius 1 is 1.06 bits per heavy atom. The topological polar surface area (TPSA) is 52.0 Å². The first-order valence-electron chi connectivity index (χ1n) is 6.43. The smallest absolute Gasteiger partial charge is 0.0373 e. The number of hydrogen-bond donors (Lipinski definition) is 2. The maximum atomic E-state index is 6.11. The van der Waals surface area contributed by atoms with Gasteiger partial charge in [-0.2, -0.15) is 0 Å². The van der Waals surface area contributed by atoms with Crippen LogP contribution < -0.4 is 11.5 Å². The molecule has 1 aliphatic carbocycles. The lowest BCUT2D eigenvalue weighted by Gasteiger charge is -2.24. The summed E-state index contributed by atoms with van der Waals surface area (Å²) in [4.78, 5) is 0. The fourth-order valence-corrected chi connectivity index (χ4v) is 2.51. The SMILES string of the molecule is CC1=CC(c2cc(C)c(N)c(C)c2)=CC(C)C1N. The lowest BCUT2D eigenvalue weighted by molar-refractivity contribution is 0.599. The second kappa shape index (κ2) is 4.62. The molecule has 2 heteroatoms. The first-order valence-corrected chi connectivity index (χ1v) is 6.43. The Labute approximate surface area is 109 Å². The average molecular weight is 242 g/mol. The molecular weight excluding hydrogens is 220 g/mol. The summed E-state index contributed by atoms with van der Waals surface area (Å²) in [7, 11) is 0. The van der Waals surface area contributed by atoms with Crippen LogP contribution in [-0.2, 0) is 0 Å². The minimum atomic E-state index is 0.143. The third-order valence-electron chi connectivity index (χ3n) is 3.84. The van der Waals surface area contributed by atoms with Crippen LogP contribution in [0.4, 0.5) is 5.69 Å². The van der Waals surface area contributed by atoms with Crippen LogP contribution in [-0.4, -0.2) is 6.04 Å². The summed E-state index contributed by atoms with van der Waals surface area (Å²) in [5.74, 6) is 0.378. The van der Waals surface area contributed by atoms with Crippen LogP contribution in [0.2, 0.25) is 0 Å². The van der Waals surface area contributed by atoms with Gasteiger partial charge in [-0.25, -0.2) is 0 Å². The Morgan fingerprint density at radius 3 is 2.11 bits per heavy atom. The summed E-state index contributed by atoms with van der Waals surface area (Å²) in [6.45, 7) is 8.38. The molecule has 1 aromatic rings. The Morgan fingerprint density at radius 2 is 1.61 bits per heavy atom. The van der Waals surface area contributed by atoms with Crippen LogP contribution in [0.15, 0.2) is 29.9 Å². The van der Waals surface area contributed by atoms with E-state index in [4.69, 9.17) is 11.5 Å². The van der Waals surface area contributed by atoms with Crippen molar-refractivity contribution in [2.75, 3.05) is 5.73 Å². The van der Waals surface area contributed by atoms with Gasteiger partial charge in [0.2, 0.25) is 0 Å². The molecule has 0 fully saturated rings. The molecule has 0 amide bonds. The van der Waals surface area contributed by atoms with Gasteiger partial charge >= 0.3 is 0 Å². The number of anilines is 1. The molecule has 0 bridgehead atoms. The van der Waals surface area contributed by atoms with Gasteiger partial charge in [0.15, 0.2) is 0 Å². The third kappa shape index (κ3) is 2.21. The summed E-state index contributed by atoms with van der Waals surface area (Å²) in [5.41, 5.74) is 19.0. The molecule has 0 aromatic heterocycles. The predicted molar refractivity (Wildman–Crippen MR) is 79.2 cm³/mol. The molecule has 0 heterocycles. The van der Waals surface area contributed by atoms with E-state index in [-0.39, 0.29) is 6.04 Å². The van der Waals surface area contributed by atoms with Crippen LogP contribution in [0.5, 0.6) is 0 Å². The summed E-state index contributed by atoms with van der Waals surface area (Å²) in [5, 5.41) is 0. The van der Waals surface area contributed by atoms with Gasteiger partial charge in [0, 0.05) is 11.7 Å². The molecule has 2 rings (SSSR count). The van der Waals surface area contributed by atoms with E-state index in [0.29, 0.717) is 5.92 Å². The highest BCUT2D eigenvalue weighted by Gasteiger charge is 2.18. The van der Waals surface area contributed by atoms with Crippen LogP contribution in [0.25, 0.3) is 5.57 Å². The molecule has 0 aliphatic heterocycles. The van der Waals surface area contributed by atoms with Crippen molar-refractivity contribution >= 4 is 11.3 Å². The monoisotopic (exact) mass is 242 g/mol. The minimum absolute atomic E-state index is 0.143. The standard InChI is InChI=1S/C16H22N2/c1-9-5-13(6-10(2)15(9)17)14-7-11(3)16(18)12(4)8-14/h5-9,15H,17-18H2,1-4H3. The van der Waals surface area contributed by atoms with Crippen molar-refractivity contribution in [3.63, 3.8) is 0 Å². The van der Waals surface area contributed by atoms with Gasteiger partial charge in [0.1, 0.15) is 0 Å². The van der Waals surface area contributed by atoms with Gasteiger partial charge < -0.3 is 11.5 Å². The Bertz CT molecular complexity index is 515. The van der Waals surface area contributed by atoms with Gasteiger partial charge in [0.05, 0.1) is 0 Å². The van der Waals surface area contributed by atoms with Crippen LogP contribution in [0.3, 0.4) is 0 Å². The van der Waals surface area contributed by atoms with E-state index in [1.165, 1.54) is 16.7 Å². The zero-order valence-electron chi connectivity index (χ0n) is 11.6. The zero-order chi connectivity index (χ0) is 13.4. The third-order valence-corrected chi connectivity index (χ3v) is 3.84. The first-order chi connectivity index (χ1) is 8.40. The molecule has 1 aliphatic rings. The lowest BCUT2D eigenvalue weighted by Crippen LogP contribution is -2.30. The highest BCUT2D eigenvalue weighted by atomic mass is 14.6. The van der Waals surface area contributed by atoms with E-state index in [0.717, 1.165) is 16.8 Å². The van der Waals surface area contributed by atoms with Crippen LogP contribution in [0, 0.1) is 19.8 Å². The molecular formula is C16H22N2. The molecule has 2 nitrogen and oxygen atoms in total. The quantitative estimate of drug-likeness (QED) is 0.743. The molecule has 2 atom stereocenters. The molecule has 18 heavy (non-hydrogen) atoms. The molecule has 4 N–H and O–H groups in total. The van der Waals surface area contributed by atoms with Gasteiger partial charge in [-0.3, -0.25) is 0 Å². The predicted octanol–water partition coefficient (Wildman–Crippen LogP) is 3.19. The number of allylic oxidation sites excluding steroid dienone is 2. The van der Waals surface area contributed by atoms with E-state index in [2.05, 4.69) is 52.0 Å². The van der Waals surface area contributed by atoms with Crippen molar-refractivity contribution in [3.8, 4) is 0 Å². The van der Waals surface area contributed by atoms with Crippen molar-refractivity contribution in [1.29, 1.82) is 0 Å². The van der Waals surface area contributed by atoms with Gasteiger partial charge in [0.25, 0.3) is 0 Å². The number of nitrogen functional groups attached to an aromatic ring is 1. The van der Waals surface area contributed by atoms with Crippen molar-refractivity contribution in [3.05, 3.63) is 46.5 Å². The van der Waals surface area contributed by atoms with Gasteiger partial charge in [-0.1, -0.05) is 24.6 Å². The van der Waals surface area contributed by atoms with E-state index in [1.807, 2.05) is 0 Å². The number of rotatable bonds is 1. The van der Waals surface area contributed by atoms with Crippen LogP contribution in [0.1, 0.15) is 30.5 Å². The number of nitrogens with two attached hydrogens (primary N) is 2. The Balaban J connectivity index is 2.48. The van der Waals surface area contributed by atoms with Crippen molar-refractivity contribution in [2.24, 2.45) is 11.7 Å². The first kappa shape index (κ1) is 12.9. The summed E-state index contributed by atoms with van der Waals surface area (Å²) < 4.78 is 0. The largest absolute Gasteiger partial charge is 0.398 e. The maximum Gasteiger partial charge on any atom is 0.0373 e. The number of benzene rings is 1. The molecule has 1 aromatic carbocycles. The zero-order valence-corrected chi connectivity index (χ0v) is 11.6. The number of aryl methyl sites for hydroxylation is 2. The second-order valence-electron chi connectivity index (χ2n) is 5.42. The van der Waals surface area contributed by atoms with E-state index in [1.54, 1.807) is 0 Å². The minimum Gasteiger partial charge on any atom is -0.398 e. The van der Waals surface area contributed by atoms with Gasteiger partial charge in [-0.05, 0) is 61.1 Å². The molecule has 2 unspecified atom stereocenters. The van der Waals surface area contributed by atoms with Crippen molar-refractivity contribution < 1.29 is 0 Å². The molecule has 0 radical (unpaired) electrons. The highest BCUT2D eigenvalue weighted by molar-refractivity contribution is 5.78. The van der Waals surface area contributed by atoms with E-state index in [9.17, 15) is 0 Å². The Hall–Kier alpha value is -1.54. The van der Waals surface area contributed by atoms with E-state index >= 15 is 0 Å². The van der Waals surface area contributed by atoms with Crippen molar-refractivity contribution in [1.82, 2.24) is 0 Å². The number of hydrogen-bond acceptors (Lipinski definition) is 2. The van der Waals surface area contributed by atoms with E-state index < -0.39 is 0 Å². The van der Waals surface area contributed by atoms with Crippen molar-refractivity contribution in [2.45, 2.75) is 33.7 Å². The maximum absolute atomic E-state index is 6.11. The molecule has 0 spiro atoms. The highest BCUT2D eigenvalue weighted by Crippen LogP contribution is 2.30. The second-order valence-corrected chi connectivity index (χ2v) is 5.42. The molecule has 0 saturated heterocycles. The fourth-order valence-electron chi connectivity index (χ4n) is 2.51. The Kier molecular flexibility index (Phi) is 3.31. The average Bonchev–Trinajstić information content (AvgIpc) is 2.31. The normalized spacial score (nSPS) is 23.6. The summed E-state index contributed by atoms with van der Waals surface area (Å²) >= 11 is 0. The summed E-state index contributed by atoms with van der Waals surface area (Å²) in [6.07, 6.45) is 4.44. The molecule has 0 saturated carbocycles. The van der Waals surface area contributed by atoms with Crippen LogP contribution >= 0.6 is 0 Å². The summed E-state index contributed by atoms with van der Waals surface area (Å²) in [6, 6.07) is 4.45.